The van der Waals surface area contributed by atoms with E-state index in [0.29, 0.717) is 18.6 Å². The maximum atomic E-state index is 13.4. The minimum absolute atomic E-state index is 0.149. The van der Waals surface area contributed by atoms with Crippen LogP contribution in [0, 0.1) is 0 Å². The lowest BCUT2D eigenvalue weighted by Gasteiger charge is -2.32. The van der Waals surface area contributed by atoms with E-state index in [1.54, 1.807) is 0 Å². The number of carbonyl (C=O) groups excluding carboxylic acids is 1. The van der Waals surface area contributed by atoms with Crippen molar-refractivity contribution in [3.05, 3.63) is 42.0 Å². The van der Waals surface area contributed by atoms with Crippen molar-refractivity contribution in [2.75, 3.05) is 18.0 Å². The lowest BCUT2D eigenvalue weighted by atomic mass is 9.86. The monoisotopic (exact) mass is 444 g/mol. The molecule has 0 aliphatic carbocycles. The number of benzene rings is 2. The van der Waals surface area contributed by atoms with Gasteiger partial charge in [-0.15, -0.1) is 0 Å². The van der Waals surface area contributed by atoms with Crippen molar-refractivity contribution in [3.8, 4) is 11.5 Å². The Morgan fingerprint density at radius 1 is 1.06 bits per heavy atom. The fourth-order valence-corrected chi connectivity index (χ4v) is 5.14. The third-order valence-corrected chi connectivity index (χ3v) is 6.95. The summed E-state index contributed by atoms with van der Waals surface area (Å²) in [6.45, 7) is 14.4. The maximum absolute atomic E-state index is 13.4. The zero-order chi connectivity index (χ0) is 23.5. The second-order valence-electron chi connectivity index (χ2n) is 10.1. The van der Waals surface area contributed by atoms with Crippen LogP contribution < -0.4 is 4.90 Å². The highest BCUT2D eigenvalue weighted by Crippen LogP contribution is 2.43. The Hall–Kier alpha value is -3.19. The first-order valence-electron chi connectivity index (χ1n) is 11.7. The van der Waals surface area contributed by atoms with Crippen molar-refractivity contribution in [1.82, 2.24) is 25.1 Å². The predicted molar refractivity (Wildman–Crippen MR) is 134 cm³/mol. The van der Waals surface area contributed by atoms with Gasteiger partial charge in [-0.05, 0) is 65.3 Å². The smallest absolute Gasteiger partial charge is 0.237 e. The standard InChI is InChI=1S/C26H32N6O/c1-15(2)31(16(3)4)11-12-32-22-14-21-20(13-18(22)26(5,6)25(32)33)27-24(28-21)23-17-9-7-8-10-19(17)29-30-23/h7-10,13-16H,11-12H2,1-6H3,(H,27,28)(H,29,30). The summed E-state index contributed by atoms with van der Waals surface area (Å²) >= 11 is 0. The molecule has 33 heavy (non-hydrogen) atoms. The van der Waals surface area contributed by atoms with Gasteiger partial charge in [0.25, 0.3) is 0 Å². The number of fused-ring (bicyclic) bond motifs is 3. The zero-order valence-electron chi connectivity index (χ0n) is 20.2. The number of para-hydroxylation sites is 1. The van der Waals surface area contributed by atoms with Gasteiger partial charge in [0.05, 0.1) is 27.7 Å². The number of aromatic nitrogens is 4. The number of nitrogens with zero attached hydrogens (tertiary/aromatic N) is 4. The zero-order valence-corrected chi connectivity index (χ0v) is 20.2. The van der Waals surface area contributed by atoms with E-state index >= 15 is 0 Å². The van der Waals surface area contributed by atoms with Crippen molar-refractivity contribution in [2.45, 2.75) is 59.0 Å². The molecule has 2 aromatic carbocycles. The van der Waals surface area contributed by atoms with E-state index in [1.165, 1.54) is 0 Å². The lowest BCUT2D eigenvalue weighted by molar-refractivity contribution is -0.122. The number of carbonyl (C=O) groups is 1. The van der Waals surface area contributed by atoms with E-state index in [1.807, 2.05) is 43.0 Å². The van der Waals surface area contributed by atoms with E-state index in [-0.39, 0.29) is 5.91 Å². The third-order valence-electron chi connectivity index (χ3n) is 6.95. The Kier molecular flexibility index (Phi) is 5.05. The number of hydrogen-bond acceptors (Lipinski definition) is 4. The minimum Gasteiger partial charge on any atom is -0.337 e. The minimum atomic E-state index is -0.575. The molecule has 0 radical (unpaired) electrons. The van der Waals surface area contributed by atoms with Crippen LogP contribution in [-0.2, 0) is 10.2 Å². The predicted octanol–water partition coefficient (Wildman–Crippen LogP) is 4.85. The van der Waals surface area contributed by atoms with E-state index < -0.39 is 5.41 Å². The number of H-pyrrole nitrogens is 2. The number of imidazole rings is 1. The van der Waals surface area contributed by atoms with Crippen molar-refractivity contribution < 1.29 is 4.79 Å². The van der Waals surface area contributed by atoms with Gasteiger partial charge in [0.1, 0.15) is 5.69 Å². The molecule has 5 rings (SSSR count). The average Bonchev–Trinajstić information content (AvgIpc) is 3.42. The Bertz CT molecular complexity index is 1340. The third kappa shape index (κ3) is 3.42. The van der Waals surface area contributed by atoms with Gasteiger partial charge in [0.15, 0.2) is 5.82 Å². The molecule has 0 fully saturated rings. The molecule has 0 saturated carbocycles. The first-order valence-corrected chi connectivity index (χ1v) is 11.7. The van der Waals surface area contributed by atoms with E-state index in [4.69, 9.17) is 4.98 Å². The molecule has 0 saturated heterocycles. The van der Waals surface area contributed by atoms with Gasteiger partial charge in [-0.3, -0.25) is 14.8 Å². The van der Waals surface area contributed by atoms with Crippen LogP contribution in [0.15, 0.2) is 36.4 Å². The molecule has 0 unspecified atom stereocenters. The summed E-state index contributed by atoms with van der Waals surface area (Å²) in [5.74, 6) is 0.878. The largest absolute Gasteiger partial charge is 0.337 e. The summed E-state index contributed by atoms with van der Waals surface area (Å²) in [4.78, 5) is 26.1. The van der Waals surface area contributed by atoms with Crippen LogP contribution in [0.4, 0.5) is 5.69 Å². The van der Waals surface area contributed by atoms with Crippen LogP contribution in [0.5, 0.6) is 0 Å². The molecule has 0 atom stereocenters. The second kappa shape index (κ2) is 7.70. The highest BCUT2D eigenvalue weighted by molar-refractivity contribution is 6.09. The molecule has 1 aliphatic rings. The summed E-state index contributed by atoms with van der Waals surface area (Å²) in [6.07, 6.45) is 0. The molecule has 2 N–H and O–H groups in total. The molecule has 0 spiro atoms. The van der Waals surface area contributed by atoms with Crippen LogP contribution >= 0.6 is 0 Å². The first kappa shape index (κ1) is 21.6. The van der Waals surface area contributed by atoms with Crippen molar-refractivity contribution in [3.63, 3.8) is 0 Å². The van der Waals surface area contributed by atoms with Gasteiger partial charge in [0.2, 0.25) is 5.91 Å². The van der Waals surface area contributed by atoms with Crippen LogP contribution in [0.1, 0.15) is 47.1 Å². The molecular weight excluding hydrogens is 412 g/mol. The van der Waals surface area contributed by atoms with Crippen LogP contribution in [0.25, 0.3) is 33.5 Å². The molecule has 1 aliphatic heterocycles. The van der Waals surface area contributed by atoms with Crippen molar-refractivity contribution in [1.29, 1.82) is 0 Å². The maximum Gasteiger partial charge on any atom is 0.237 e. The average molecular weight is 445 g/mol. The van der Waals surface area contributed by atoms with Crippen LogP contribution in [0.2, 0.25) is 0 Å². The molecule has 1 amide bonds. The highest BCUT2D eigenvalue weighted by Gasteiger charge is 2.44. The van der Waals surface area contributed by atoms with Gasteiger partial charge in [-0.2, -0.15) is 5.10 Å². The first-order chi connectivity index (χ1) is 15.7. The molecule has 7 heteroatoms. The summed E-state index contributed by atoms with van der Waals surface area (Å²) in [5.41, 5.74) is 4.99. The molecular formula is C26H32N6O. The van der Waals surface area contributed by atoms with Crippen LogP contribution in [0.3, 0.4) is 0 Å². The number of aromatic amines is 2. The lowest BCUT2D eigenvalue weighted by Crippen LogP contribution is -2.45. The fraction of sp³-hybridized carbons (Fsp3) is 0.423. The molecule has 7 nitrogen and oxygen atoms in total. The van der Waals surface area contributed by atoms with E-state index in [2.05, 4.69) is 59.9 Å². The quantitative estimate of drug-likeness (QED) is 0.445. The van der Waals surface area contributed by atoms with Gasteiger partial charge in [-0.25, -0.2) is 4.98 Å². The van der Waals surface area contributed by atoms with Crippen LogP contribution in [-0.4, -0.2) is 56.1 Å². The van der Waals surface area contributed by atoms with E-state index in [0.717, 1.165) is 51.3 Å². The Morgan fingerprint density at radius 3 is 2.52 bits per heavy atom. The molecule has 172 valence electrons. The van der Waals surface area contributed by atoms with Gasteiger partial charge >= 0.3 is 0 Å². The summed E-state index contributed by atoms with van der Waals surface area (Å²) in [6, 6.07) is 13.0. The van der Waals surface area contributed by atoms with Crippen molar-refractivity contribution in [2.24, 2.45) is 0 Å². The summed E-state index contributed by atoms with van der Waals surface area (Å²) in [5, 5.41) is 8.60. The van der Waals surface area contributed by atoms with Gasteiger partial charge in [-0.1, -0.05) is 18.2 Å². The Morgan fingerprint density at radius 2 is 1.79 bits per heavy atom. The van der Waals surface area contributed by atoms with E-state index in [9.17, 15) is 4.79 Å². The van der Waals surface area contributed by atoms with Crippen molar-refractivity contribution >= 4 is 33.5 Å². The molecule has 0 bridgehead atoms. The molecule has 2 aromatic heterocycles. The normalized spacial score (nSPS) is 15.7. The number of amides is 1. The number of nitrogens with one attached hydrogen (secondary N) is 2. The summed E-state index contributed by atoms with van der Waals surface area (Å²) < 4.78 is 0. The molecule has 4 aromatic rings. The Balaban J connectivity index is 1.54. The summed E-state index contributed by atoms with van der Waals surface area (Å²) in [7, 11) is 0. The molecule has 3 heterocycles. The SMILES string of the molecule is CC(C)N(CCN1C(=O)C(C)(C)c2cc3[nH]c(-c4n[nH]c5ccccc45)nc3cc21)C(C)C. The Labute approximate surface area is 194 Å². The van der Waals surface area contributed by atoms with Gasteiger partial charge < -0.3 is 9.88 Å². The number of hydrogen-bond donors (Lipinski definition) is 2. The number of anilines is 1. The fourth-order valence-electron chi connectivity index (χ4n) is 5.14. The highest BCUT2D eigenvalue weighted by atomic mass is 16.2. The topological polar surface area (TPSA) is 80.9 Å². The second-order valence-corrected chi connectivity index (χ2v) is 10.1. The number of rotatable bonds is 6. The van der Waals surface area contributed by atoms with Gasteiger partial charge in [0, 0.05) is 30.6 Å².